The lowest BCUT2D eigenvalue weighted by Gasteiger charge is -2.33. The molecule has 0 saturated carbocycles. The van der Waals surface area contributed by atoms with Crippen LogP contribution in [0.1, 0.15) is 18.5 Å². The zero-order valence-electron chi connectivity index (χ0n) is 10.1. The molecule has 16 heavy (non-hydrogen) atoms. The summed E-state index contributed by atoms with van der Waals surface area (Å²) in [6, 6.07) is 6.22. The fourth-order valence-corrected chi connectivity index (χ4v) is 2.35. The van der Waals surface area contributed by atoms with Crippen LogP contribution in [-0.2, 0) is 4.74 Å². The Morgan fingerprint density at radius 3 is 3.12 bits per heavy atom. The van der Waals surface area contributed by atoms with Crippen molar-refractivity contribution in [2.75, 3.05) is 31.7 Å². The quantitative estimate of drug-likeness (QED) is 0.781. The number of hydrogen-bond acceptors (Lipinski definition) is 3. The Morgan fingerprint density at radius 1 is 1.50 bits per heavy atom. The maximum Gasteiger partial charge on any atom is 0.128 e. The molecule has 1 aromatic heterocycles. The van der Waals surface area contributed by atoms with Crippen molar-refractivity contribution in [3.63, 3.8) is 0 Å². The molecule has 1 aromatic rings. The van der Waals surface area contributed by atoms with Crippen molar-refractivity contribution in [2.24, 2.45) is 5.92 Å². The smallest absolute Gasteiger partial charge is 0.128 e. The Labute approximate surface area is 97.4 Å². The first-order valence-electron chi connectivity index (χ1n) is 5.97. The highest BCUT2D eigenvalue weighted by Gasteiger charge is 2.20. The Kier molecular flexibility index (Phi) is 3.78. The van der Waals surface area contributed by atoms with Gasteiger partial charge in [-0.2, -0.15) is 0 Å². The summed E-state index contributed by atoms with van der Waals surface area (Å²) < 4.78 is 5.24. The third-order valence-electron chi connectivity index (χ3n) is 3.12. The second kappa shape index (κ2) is 5.30. The average molecular weight is 220 g/mol. The Morgan fingerprint density at radius 2 is 2.38 bits per heavy atom. The van der Waals surface area contributed by atoms with Crippen LogP contribution >= 0.6 is 0 Å². The molecule has 1 atom stereocenters. The first-order chi connectivity index (χ1) is 7.79. The van der Waals surface area contributed by atoms with E-state index in [1.807, 2.05) is 13.0 Å². The molecular formula is C13H20N2O. The Balaban J connectivity index is 2.03. The van der Waals surface area contributed by atoms with Gasteiger partial charge in [0.2, 0.25) is 0 Å². The van der Waals surface area contributed by atoms with E-state index in [0.29, 0.717) is 5.92 Å². The predicted molar refractivity (Wildman–Crippen MR) is 65.8 cm³/mol. The van der Waals surface area contributed by atoms with E-state index in [2.05, 4.69) is 22.0 Å². The molecule has 1 aliphatic rings. The molecule has 0 spiro atoms. The van der Waals surface area contributed by atoms with Gasteiger partial charge in [-0.3, -0.25) is 0 Å². The Hall–Kier alpha value is -1.09. The van der Waals surface area contributed by atoms with Crippen molar-refractivity contribution in [3.05, 3.63) is 23.9 Å². The summed E-state index contributed by atoms with van der Waals surface area (Å²) in [4.78, 5) is 6.95. The summed E-state index contributed by atoms with van der Waals surface area (Å²) in [7, 11) is 1.78. The number of piperidine rings is 1. The number of aryl methyl sites for hydroxylation is 1. The van der Waals surface area contributed by atoms with Crippen molar-refractivity contribution in [1.82, 2.24) is 4.98 Å². The zero-order valence-corrected chi connectivity index (χ0v) is 10.1. The molecule has 1 saturated heterocycles. The lowest BCUT2D eigenvalue weighted by molar-refractivity contribution is 0.143. The van der Waals surface area contributed by atoms with E-state index in [1.165, 1.54) is 12.8 Å². The van der Waals surface area contributed by atoms with Crippen LogP contribution in [0, 0.1) is 12.8 Å². The van der Waals surface area contributed by atoms with Crippen LogP contribution in [0.4, 0.5) is 5.82 Å². The number of ether oxygens (including phenoxy) is 1. The number of aromatic nitrogens is 1. The van der Waals surface area contributed by atoms with Gasteiger partial charge in [-0.15, -0.1) is 0 Å². The van der Waals surface area contributed by atoms with Crippen molar-refractivity contribution in [1.29, 1.82) is 0 Å². The summed E-state index contributed by atoms with van der Waals surface area (Å²) in [5.74, 6) is 1.77. The first kappa shape index (κ1) is 11.4. The van der Waals surface area contributed by atoms with E-state index in [-0.39, 0.29) is 0 Å². The molecule has 1 aliphatic heterocycles. The second-order valence-electron chi connectivity index (χ2n) is 4.55. The van der Waals surface area contributed by atoms with Crippen LogP contribution in [0.3, 0.4) is 0 Å². The number of anilines is 1. The van der Waals surface area contributed by atoms with E-state index in [1.54, 1.807) is 7.11 Å². The van der Waals surface area contributed by atoms with Crippen LogP contribution in [-0.4, -0.2) is 31.8 Å². The zero-order chi connectivity index (χ0) is 11.4. The number of pyridine rings is 1. The minimum Gasteiger partial charge on any atom is -0.384 e. The standard InChI is InChI=1S/C13H20N2O/c1-11-5-3-7-13(14-11)15-8-4-6-12(9-15)10-16-2/h3,5,7,12H,4,6,8-10H2,1-2H3. The Bertz CT molecular complexity index is 338. The SMILES string of the molecule is COCC1CCCN(c2cccc(C)n2)C1. The molecule has 0 aliphatic carbocycles. The topological polar surface area (TPSA) is 25.4 Å². The number of hydrogen-bond donors (Lipinski definition) is 0. The molecule has 0 aromatic carbocycles. The maximum atomic E-state index is 5.24. The van der Waals surface area contributed by atoms with Gasteiger partial charge < -0.3 is 9.64 Å². The second-order valence-corrected chi connectivity index (χ2v) is 4.55. The summed E-state index contributed by atoms with van der Waals surface area (Å²) in [5, 5.41) is 0. The normalized spacial score (nSPS) is 21.1. The molecule has 3 heteroatoms. The van der Waals surface area contributed by atoms with Gasteiger partial charge in [-0.25, -0.2) is 4.98 Å². The van der Waals surface area contributed by atoms with Crippen molar-refractivity contribution >= 4 is 5.82 Å². The average Bonchev–Trinajstić information content (AvgIpc) is 2.30. The van der Waals surface area contributed by atoms with Gasteiger partial charge in [-0.1, -0.05) is 6.07 Å². The van der Waals surface area contributed by atoms with Gasteiger partial charge in [0.05, 0.1) is 6.61 Å². The number of nitrogens with zero attached hydrogens (tertiary/aromatic N) is 2. The minimum absolute atomic E-state index is 0.654. The van der Waals surface area contributed by atoms with Crippen LogP contribution in [0.25, 0.3) is 0 Å². The highest BCUT2D eigenvalue weighted by molar-refractivity contribution is 5.39. The lowest BCUT2D eigenvalue weighted by atomic mass is 9.99. The molecule has 0 N–H and O–H groups in total. The van der Waals surface area contributed by atoms with E-state index >= 15 is 0 Å². The maximum absolute atomic E-state index is 5.24. The molecular weight excluding hydrogens is 200 g/mol. The fraction of sp³-hybridized carbons (Fsp3) is 0.615. The third-order valence-corrected chi connectivity index (χ3v) is 3.12. The molecule has 3 nitrogen and oxygen atoms in total. The molecule has 2 heterocycles. The van der Waals surface area contributed by atoms with Gasteiger partial charge >= 0.3 is 0 Å². The molecule has 1 fully saturated rings. The van der Waals surface area contributed by atoms with Gasteiger partial charge in [0, 0.05) is 25.9 Å². The van der Waals surface area contributed by atoms with E-state index in [4.69, 9.17) is 4.74 Å². The third kappa shape index (κ3) is 2.73. The van der Waals surface area contributed by atoms with E-state index < -0.39 is 0 Å². The first-order valence-corrected chi connectivity index (χ1v) is 5.97. The summed E-state index contributed by atoms with van der Waals surface area (Å²) in [6.45, 7) is 5.10. The highest BCUT2D eigenvalue weighted by Crippen LogP contribution is 2.21. The fourth-order valence-electron chi connectivity index (χ4n) is 2.35. The molecule has 1 unspecified atom stereocenters. The monoisotopic (exact) mass is 220 g/mol. The van der Waals surface area contributed by atoms with Crippen LogP contribution in [0.5, 0.6) is 0 Å². The summed E-state index contributed by atoms with van der Waals surface area (Å²) in [6.07, 6.45) is 2.51. The summed E-state index contributed by atoms with van der Waals surface area (Å²) >= 11 is 0. The van der Waals surface area contributed by atoms with Crippen molar-refractivity contribution in [2.45, 2.75) is 19.8 Å². The minimum atomic E-state index is 0.654. The van der Waals surface area contributed by atoms with Gasteiger partial charge in [0.1, 0.15) is 5.82 Å². The van der Waals surface area contributed by atoms with E-state index in [0.717, 1.165) is 31.2 Å². The molecule has 0 radical (unpaired) electrons. The van der Waals surface area contributed by atoms with Crippen LogP contribution in [0.2, 0.25) is 0 Å². The molecule has 2 rings (SSSR count). The number of rotatable bonds is 3. The summed E-state index contributed by atoms with van der Waals surface area (Å²) in [5.41, 5.74) is 1.09. The van der Waals surface area contributed by atoms with Crippen LogP contribution < -0.4 is 4.90 Å². The van der Waals surface area contributed by atoms with Gasteiger partial charge in [-0.05, 0) is 37.8 Å². The molecule has 0 bridgehead atoms. The predicted octanol–water partition coefficient (Wildman–Crippen LogP) is 2.25. The number of methoxy groups -OCH3 is 1. The highest BCUT2D eigenvalue weighted by atomic mass is 16.5. The molecule has 0 amide bonds. The van der Waals surface area contributed by atoms with Gasteiger partial charge in [0.15, 0.2) is 0 Å². The lowest BCUT2D eigenvalue weighted by Crippen LogP contribution is -2.37. The molecule has 88 valence electrons. The van der Waals surface area contributed by atoms with Gasteiger partial charge in [0.25, 0.3) is 0 Å². The largest absolute Gasteiger partial charge is 0.384 e. The van der Waals surface area contributed by atoms with E-state index in [9.17, 15) is 0 Å². The van der Waals surface area contributed by atoms with Crippen molar-refractivity contribution in [3.8, 4) is 0 Å². The van der Waals surface area contributed by atoms with Crippen molar-refractivity contribution < 1.29 is 4.74 Å². The van der Waals surface area contributed by atoms with Crippen LogP contribution in [0.15, 0.2) is 18.2 Å².